The van der Waals surface area contributed by atoms with Crippen molar-refractivity contribution in [2.24, 2.45) is 0 Å². The van der Waals surface area contributed by atoms with E-state index in [-0.39, 0.29) is 11.8 Å². The number of amides is 2. The van der Waals surface area contributed by atoms with Gasteiger partial charge in [0, 0.05) is 51.3 Å². The quantitative estimate of drug-likeness (QED) is 0.668. The number of anilines is 1. The van der Waals surface area contributed by atoms with E-state index in [0.717, 1.165) is 30.2 Å². The molecular weight excluding hydrogens is 394 g/mol. The molecule has 1 heterocycles. The molecular formula is C24H31N3O4. The van der Waals surface area contributed by atoms with Crippen LogP contribution in [-0.2, 0) is 16.0 Å². The summed E-state index contributed by atoms with van der Waals surface area (Å²) < 4.78 is 10.6. The van der Waals surface area contributed by atoms with Crippen molar-refractivity contribution in [1.82, 2.24) is 10.2 Å². The van der Waals surface area contributed by atoms with Crippen LogP contribution in [-0.4, -0.2) is 63.7 Å². The first-order chi connectivity index (χ1) is 15.1. The molecule has 1 aliphatic rings. The molecule has 1 saturated heterocycles. The number of hydrogen-bond donors (Lipinski definition) is 1. The number of piperazine rings is 1. The molecule has 0 aromatic heterocycles. The molecule has 1 aliphatic heterocycles. The second-order valence-electron chi connectivity index (χ2n) is 7.48. The van der Waals surface area contributed by atoms with Crippen molar-refractivity contribution in [3.8, 4) is 11.5 Å². The van der Waals surface area contributed by atoms with Gasteiger partial charge in [0.25, 0.3) is 0 Å². The molecule has 0 radical (unpaired) electrons. The summed E-state index contributed by atoms with van der Waals surface area (Å²) in [6.45, 7) is 3.41. The van der Waals surface area contributed by atoms with Crippen LogP contribution < -0.4 is 19.7 Å². The van der Waals surface area contributed by atoms with E-state index >= 15 is 0 Å². The molecule has 2 aromatic carbocycles. The summed E-state index contributed by atoms with van der Waals surface area (Å²) in [7, 11) is 3.22. The Bertz CT molecular complexity index is 864. The number of carbonyl (C=O) groups is 2. The van der Waals surface area contributed by atoms with Gasteiger partial charge in [-0.1, -0.05) is 18.2 Å². The van der Waals surface area contributed by atoms with Crippen LogP contribution in [0.2, 0.25) is 0 Å². The van der Waals surface area contributed by atoms with E-state index in [4.69, 9.17) is 9.47 Å². The lowest BCUT2D eigenvalue weighted by Gasteiger charge is -2.36. The molecule has 0 atom stereocenters. The van der Waals surface area contributed by atoms with Gasteiger partial charge in [0.05, 0.1) is 14.2 Å². The number of para-hydroxylation sites is 1. The van der Waals surface area contributed by atoms with Gasteiger partial charge in [0.1, 0.15) is 11.5 Å². The first kappa shape index (κ1) is 22.5. The number of aryl methyl sites for hydroxylation is 1. The topological polar surface area (TPSA) is 71.1 Å². The highest BCUT2D eigenvalue weighted by atomic mass is 16.5. The highest BCUT2D eigenvalue weighted by Crippen LogP contribution is 2.25. The zero-order valence-electron chi connectivity index (χ0n) is 18.3. The van der Waals surface area contributed by atoms with E-state index in [2.05, 4.69) is 22.3 Å². The number of ether oxygens (including phenoxy) is 2. The predicted molar refractivity (Wildman–Crippen MR) is 121 cm³/mol. The Hall–Kier alpha value is -3.22. The van der Waals surface area contributed by atoms with Gasteiger partial charge in [0.15, 0.2) is 0 Å². The molecule has 3 rings (SSSR count). The van der Waals surface area contributed by atoms with Gasteiger partial charge in [-0.3, -0.25) is 9.59 Å². The zero-order valence-corrected chi connectivity index (χ0v) is 18.3. The van der Waals surface area contributed by atoms with Crippen molar-refractivity contribution >= 4 is 17.5 Å². The first-order valence-electron chi connectivity index (χ1n) is 10.7. The average Bonchev–Trinajstić information content (AvgIpc) is 2.83. The van der Waals surface area contributed by atoms with Gasteiger partial charge in [-0.15, -0.1) is 0 Å². The van der Waals surface area contributed by atoms with Gasteiger partial charge in [-0.25, -0.2) is 0 Å². The highest BCUT2D eigenvalue weighted by molar-refractivity contribution is 5.79. The third-order valence-corrected chi connectivity index (χ3v) is 5.52. The van der Waals surface area contributed by atoms with E-state index in [1.54, 1.807) is 14.2 Å². The number of carbonyl (C=O) groups excluding carboxylic acids is 2. The van der Waals surface area contributed by atoms with Crippen molar-refractivity contribution in [3.05, 3.63) is 54.1 Å². The fourth-order valence-electron chi connectivity index (χ4n) is 3.73. The molecule has 7 heteroatoms. The Morgan fingerprint density at radius 2 is 1.68 bits per heavy atom. The van der Waals surface area contributed by atoms with E-state index in [1.807, 2.05) is 41.3 Å². The van der Waals surface area contributed by atoms with Crippen LogP contribution in [0, 0.1) is 0 Å². The lowest BCUT2D eigenvalue weighted by atomic mass is 10.1. The second kappa shape index (κ2) is 11.2. The predicted octanol–water partition coefficient (Wildman–Crippen LogP) is 2.49. The Labute approximate surface area is 183 Å². The maximum absolute atomic E-state index is 12.5. The molecule has 1 fully saturated rings. The first-order valence-corrected chi connectivity index (χ1v) is 10.7. The Morgan fingerprint density at radius 3 is 2.35 bits per heavy atom. The number of methoxy groups -OCH3 is 2. The number of rotatable bonds is 9. The maximum Gasteiger partial charge on any atom is 0.224 e. The molecule has 166 valence electrons. The van der Waals surface area contributed by atoms with Crippen molar-refractivity contribution in [2.45, 2.75) is 19.3 Å². The summed E-state index contributed by atoms with van der Waals surface area (Å²) in [4.78, 5) is 28.9. The van der Waals surface area contributed by atoms with Crippen molar-refractivity contribution in [1.29, 1.82) is 0 Å². The average molecular weight is 426 g/mol. The molecule has 0 bridgehead atoms. The molecule has 7 nitrogen and oxygen atoms in total. The summed E-state index contributed by atoms with van der Waals surface area (Å²) in [5, 5.41) is 2.85. The van der Waals surface area contributed by atoms with Crippen LogP contribution in [0.25, 0.3) is 0 Å². The van der Waals surface area contributed by atoms with Crippen LogP contribution in [0.15, 0.2) is 48.5 Å². The van der Waals surface area contributed by atoms with Gasteiger partial charge in [-0.05, 0) is 42.3 Å². The number of nitrogens with one attached hydrogen (secondary N) is 1. The smallest absolute Gasteiger partial charge is 0.224 e. The Morgan fingerprint density at radius 1 is 0.935 bits per heavy atom. The summed E-state index contributed by atoms with van der Waals surface area (Å²) in [5.74, 6) is 1.47. The van der Waals surface area contributed by atoms with E-state index < -0.39 is 0 Å². The van der Waals surface area contributed by atoms with E-state index in [0.29, 0.717) is 38.9 Å². The number of hydrogen-bond acceptors (Lipinski definition) is 5. The molecule has 2 amide bonds. The molecule has 0 spiro atoms. The minimum Gasteiger partial charge on any atom is -0.497 e. The van der Waals surface area contributed by atoms with Gasteiger partial charge in [-0.2, -0.15) is 0 Å². The SMILES string of the molecule is COc1ccc(OC)c(CCC(=O)NCCC(=O)N2CCN(c3ccccc3)CC2)c1. The molecule has 0 aliphatic carbocycles. The van der Waals surface area contributed by atoms with E-state index in [1.165, 1.54) is 5.69 Å². The van der Waals surface area contributed by atoms with Crippen LogP contribution in [0.5, 0.6) is 11.5 Å². The Balaban J connectivity index is 1.36. The summed E-state index contributed by atoms with van der Waals surface area (Å²) in [5.41, 5.74) is 2.11. The Kier molecular flexibility index (Phi) is 8.15. The molecule has 2 aromatic rings. The lowest BCUT2D eigenvalue weighted by molar-refractivity contribution is -0.131. The number of nitrogens with zero attached hydrogens (tertiary/aromatic N) is 2. The van der Waals surface area contributed by atoms with Gasteiger partial charge < -0.3 is 24.6 Å². The number of benzene rings is 2. The van der Waals surface area contributed by atoms with Crippen molar-refractivity contribution < 1.29 is 19.1 Å². The van der Waals surface area contributed by atoms with Crippen LogP contribution in [0.1, 0.15) is 18.4 Å². The molecule has 0 saturated carbocycles. The van der Waals surface area contributed by atoms with Gasteiger partial charge in [0.2, 0.25) is 11.8 Å². The monoisotopic (exact) mass is 425 g/mol. The molecule has 31 heavy (non-hydrogen) atoms. The third-order valence-electron chi connectivity index (χ3n) is 5.52. The highest BCUT2D eigenvalue weighted by Gasteiger charge is 2.21. The van der Waals surface area contributed by atoms with E-state index in [9.17, 15) is 9.59 Å². The fourth-order valence-corrected chi connectivity index (χ4v) is 3.73. The summed E-state index contributed by atoms with van der Waals surface area (Å²) in [6, 6.07) is 15.8. The van der Waals surface area contributed by atoms with Crippen LogP contribution in [0.3, 0.4) is 0 Å². The minimum absolute atomic E-state index is 0.0773. The maximum atomic E-state index is 12.5. The lowest BCUT2D eigenvalue weighted by Crippen LogP contribution is -2.49. The van der Waals surface area contributed by atoms with Crippen LogP contribution in [0.4, 0.5) is 5.69 Å². The zero-order chi connectivity index (χ0) is 22.1. The van der Waals surface area contributed by atoms with Crippen molar-refractivity contribution in [2.75, 3.05) is 51.8 Å². The second-order valence-corrected chi connectivity index (χ2v) is 7.48. The molecule has 1 N–H and O–H groups in total. The standard InChI is InChI=1S/C24H31N3O4/c1-30-21-9-10-22(31-2)19(18-21)8-11-23(28)25-13-12-24(29)27-16-14-26(15-17-27)20-6-4-3-5-7-20/h3-7,9-10,18H,8,11-17H2,1-2H3,(H,25,28). The van der Waals surface area contributed by atoms with Gasteiger partial charge >= 0.3 is 0 Å². The fraction of sp³-hybridized carbons (Fsp3) is 0.417. The normalized spacial score (nSPS) is 13.6. The third kappa shape index (κ3) is 6.38. The summed E-state index contributed by atoms with van der Waals surface area (Å²) in [6.07, 6.45) is 1.19. The minimum atomic E-state index is -0.0773. The summed E-state index contributed by atoms with van der Waals surface area (Å²) >= 11 is 0. The van der Waals surface area contributed by atoms with Crippen molar-refractivity contribution in [3.63, 3.8) is 0 Å². The molecule has 0 unspecified atom stereocenters. The largest absolute Gasteiger partial charge is 0.497 e. The van der Waals surface area contributed by atoms with Crippen LogP contribution >= 0.6 is 0 Å².